The van der Waals surface area contributed by atoms with Gasteiger partial charge in [-0.05, 0) is 12.1 Å². The molecular weight excluding hydrogens is 298 g/mol. The second kappa shape index (κ2) is 6.19. The Morgan fingerprint density at radius 2 is 2.05 bits per heavy atom. The van der Waals surface area contributed by atoms with E-state index in [-0.39, 0.29) is 28.8 Å². The molecule has 2 N–H and O–H groups in total. The number of hydrogen-bond acceptors (Lipinski definition) is 5. The summed E-state index contributed by atoms with van der Waals surface area (Å²) in [6.45, 7) is 0.144. The lowest BCUT2D eigenvalue weighted by atomic mass is 10.2. The fourth-order valence-electron chi connectivity index (χ4n) is 1.71. The lowest BCUT2D eigenvalue weighted by Crippen LogP contribution is -2.07. The number of aromatic carboxylic acids is 1. The molecule has 21 heavy (non-hydrogen) atoms. The molecule has 0 aliphatic rings. The van der Waals surface area contributed by atoms with E-state index in [0.717, 1.165) is 0 Å². The number of para-hydroxylation sites is 1. The summed E-state index contributed by atoms with van der Waals surface area (Å²) in [5, 5.41) is 22.7. The molecule has 0 saturated carbocycles. The molecule has 108 valence electrons. The molecule has 0 atom stereocenters. The number of nitrogens with zero attached hydrogens (tertiary/aromatic N) is 2. The van der Waals surface area contributed by atoms with E-state index in [4.69, 9.17) is 16.7 Å². The molecule has 0 spiro atoms. The van der Waals surface area contributed by atoms with E-state index in [2.05, 4.69) is 10.3 Å². The van der Waals surface area contributed by atoms with E-state index in [0.29, 0.717) is 5.56 Å². The monoisotopic (exact) mass is 307 g/mol. The smallest absolute Gasteiger partial charge is 0.356 e. The standard InChI is InChI=1S/C13H10ClN3O4/c14-9-5-6-11(16-12(9)13(18)19)15-7-8-3-1-2-4-10(8)17(20)21/h1-6H,7H2,(H,15,16)(H,18,19). The zero-order valence-electron chi connectivity index (χ0n) is 10.6. The normalized spacial score (nSPS) is 10.1. The lowest BCUT2D eigenvalue weighted by molar-refractivity contribution is -0.385. The molecule has 1 aromatic heterocycles. The first-order valence-corrected chi connectivity index (χ1v) is 6.23. The minimum Gasteiger partial charge on any atom is -0.476 e. The van der Waals surface area contributed by atoms with Crippen molar-refractivity contribution >= 4 is 29.1 Å². The quantitative estimate of drug-likeness (QED) is 0.650. The Kier molecular flexibility index (Phi) is 4.34. The first kappa shape index (κ1) is 14.7. The van der Waals surface area contributed by atoms with Crippen molar-refractivity contribution in [1.29, 1.82) is 0 Å². The summed E-state index contributed by atoms with van der Waals surface area (Å²) in [4.78, 5) is 25.2. The number of carbonyl (C=O) groups is 1. The van der Waals surface area contributed by atoms with Gasteiger partial charge in [0.1, 0.15) is 5.82 Å². The number of carboxylic acids is 1. The Hall–Kier alpha value is -2.67. The Balaban J connectivity index is 2.19. The molecule has 0 unspecified atom stereocenters. The molecule has 0 aliphatic heterocycles. The van der Waals surface area contributed by atoms with Gasteiger partial charge in [0.15, 0.2) is 5.69 Å². The second-order valence-corrected chi connectivity index (χ2v) is 4.48. The molecule has 0 radical (unpaired) electrons. The first-order valence-electron chi connectivity index (χ1n) is 5.85. The third kappa shape index (κ3) is 3.46. The zero-order valence-corrected chi connectivity index (χ0v) is 11.4. The van der Waals surface area contributed by atoms with Crippen molar-refractivity contribution in [3.63, 3.8) is 0 Å². The average molecular weight is 308 g/mol. The summed E-state index contributed by atoms with van der Waals surface area (Å²) in [6.07, 6.45) is 0. The van der Waals surface area contributed by atoms with Crippen molar-refractivity contribution in [2.75, 3.05) is 5.32 Å². The Bertz CT molecular complexity index is 706. The predicted octanol–water partition coefficient (Wildman–Crippen LogP) is 2.95. The molecule has 2 aromatic rings. The minimum absolute atomic E-state index is 0.0163. The van der Waals surface area contributed by atoms with Crippen LogP contribution in [-0.2, 0) is 6.54 Å². The van der Waals surface area contributed by atoms with Crippen LogP contribution in [0.25, 0.3) is 0 Å². The average Bonchev–Trinajstić information content (AvgIpc) is 2.46. The van der Waals surface area contributed by atoms with Crippen LogP contribution in [0.5, 0.6) is 0 Å². The Morgan fingerprint density at radius 1 is 1.33 bits per heavy atom. The number of aromatic nitrogens is 1. The van der Waals surface area contributed by atoms with Crippen LogP contribution < -0.4 is 5.32 Å². The highest BCUT2D eigenvalue weighted by Crippen LogP contribution is 2.20. The van der Waals surface area contributed by atoms with Crippen molar-refractivity contribution in [2.24, 2.45) is 0 Å². The summed E-state index contributed by atoms with van der Waals surface area (Å²) < 4.78 is 0. The third-order valence-electron chi connectivity index (χ3n) is 2.70. The molecule has 0 saturated heterocycles. The molecule has 2 rings (SSSR count). The van der Waals surface area contributed by atoms with Gasteiger partial charge < -0.3 is 10.4 Å². The summed E-state index contributed by atoms with van der Waals surface area (Å²) in [5.74, 6) is -0.968. The van der Waals surface area contributed by atoms with Gasteiger partial charge >= 0.3 is 5.97 Å². The highest BCUT2D eigenvalue weighted by atomic mass is 35.5. The van der Waals surface area contributed by atoms with Gasteiger partial charge in [-0.15, -0.1) is 0 Å². The summed E-state index contributed by atoms with van der Waals surface area (Å²) in [6, 6.07) is 9.17. The van der Waals surface area contributed by atoms with Crippen molar-refractivity contribution in [3.8, 4) is 0 Å². The van der Waals surface area contributed by atoms with Gasteiger partial charge in [-0.25, -0.2) is 9.78 Å². The van der Waals surface area contributed by atoms with Crippen LogP contribution in [0.15, 0.2) is 36.4 Å². The van der Waals surface area contributed by atoms with Gasteiger partial charge in [0.05, 0.1) is 9.95 Å². The van der Waals surface area contributed by atoms with Crippen LogP contribution in [0, 0.1) is 10.1 Å². The molecule has 0 aliphatic carbocycles. The molecule has 7 nitrogen and oxygen atoms in total. The van der Waals surface area contributed by atoms with Gasteiger partial charge in [0.25, 0.3) is 5.69 Å². The Labute approximate surface area is 124 Å². The van der Waals surface area contributed by atoms with Crippen LogP contribution in [0.3, 0.4) is 0 Å². The van der Waals surface area contributed by atoms with Gasteiger partial charge in [0.2, 0.25) is 0 Å². The number of anilines is 1. The maximum Gasteiger partial charge on any atom is 0.356 e. The topological polar surface area (TPSA) is 105 Å². The lowest BCUT2D eigenvalue weighted by Gasteiger charge is -2.07. The van der Waals surface area contributed by atoms with Crippen molar-refractivity contribution in [1.82, 2.24) is 4.98 Å². The number of nitrogens with one attached hydrogen (secondary N) is 1. The SMILES string of the molecule is O=C(O)c1nc(NCc2ccccc2[N+](=O)[O-])ccc1Cl. The highest BCUT2D eigenvalue weighted by Gasteiger charge is 2.14. The molecular formula is C13H10ClN3O4. The Morgan fingerprint density at radius 3 is 2.71 bits per heavy atom. The summed E-state index contributed by atoms with van der Waals surface area (Å²) in [7, 11) is 0. The number of pyridine rings is 1. The minimum atomic E-state index is -1.24. The van der Waals surface area contributed by atoms with Crippen molar-refractivity contribution in [3.05, 3.63) is 62.8 Å². The number of rotatable bonds is 5. The second-order valence-electron chi connectivity index (χ2n) is 4.07. The molecule has 1 heterocycles. The molecule has 0 fully saturated rings. The van der Waals surface area contributed by atoms with E-state index in [1.807, 2.05) is 0 Å². The van der Waals surface area contributed by atoms with Crippen LogP contribution in [0.2, 0.25) is 5.02 Å². The third-order valence-corrected chi connectivity index (χ3v) is 3.00. The molecule has 8 heteroatoms. The summed E-state index contributed by atoms with van der Waals surface area (Å²) >= 11 is 5.71. The van der Waals surface area contributed by atoms with E-state index in [9.17, 15) is 14.9 Å². The van der Waals surface area contributed by atoms with Gasteiger partial charge in [-0.2, -0.15) is 0 Å². The predicted molar refractivity (Wildman–Crippen MR) is 76.6 cm³/mol. The van der Waals surface area contributed by atoms with Crippen LogP contribution in [-0.4, -0.2) is 21.0 Å². The van der Waals surface area contributed by atoms with E-state index in [1.54, 1.807) is 18.2 Å². The highest BCUT2D eigenvalue weighted by molar-refractivity contribution is 6.33. The molecule has 1 aromatic carbocycles. The first-order chi connectivity index (χ1) is 9.99. The maximum atomic E-state index is 10.9. The maximum absolute atomic E-state index is 10.9. The van der Waals surface area contributed by atoms with E-state index >= 15 is 0 Å². The zero-order chi connectivity index (χ0) is 15.4. The summed E-state index contributed by atoms with van der Waals surface area (Å²) in [5.41, 5.74) is 0.178. The van der Waals surface area contributed by atoms with Crippen LogP contribution in [0.4, 0.5) is 11.5 Å². The van der Waals surface area contributed by atoms with Gasteiger partial charge in [0, 0.05) is 18.2 Å². The van der Waals surface area contributed by atoms with Crippen LogP contribution in [0.1, 0.15) is 16.1 Å². The molecule has 0 bridgehead atoms. The molecule has 0 amide bonds. The fraction of sp³-hybridized carbons (Fsp3) is 0.0769. The van der Waals surface area contributed by atoms with Gasteiger partial charge in [-0.3, -0.25) is 10.1 Å². The number of carboxylic acid groups (broad SMARTS) is 1. The number of halogens is 1. The van der Waals surface area contributed by atoms with Crippen LogP contribution >= 0.6 is 11.6 Å². The number of hydrogen-bond donors (Lipinski definition) is 2. The largest absolute Gasteiger partial charge is 0.476 e. The number of nitro groups is 1. The van der Waals surface area contributed by atoms with Crippen molar-refractivity contribution < 1.29 is 14.8 Å². The fourth-order valence-corrected chi connectivity index (χ4v) is 1.90. The van der Waals surface area contributed by atoms with Gasteiger partial charge in [-0.1, -0.05) is 29.8 Å². The number of benzene rings is 1. The van der Waals surface area contributed by atoms with Crippen molar-refractivity contribution in [2.45, 2.75) is 6.54 Å². The number of nitro benzene ring substituents is 1. The van der Waals surface area contributed by atoms with E-state index in [1.165, 1.54) is 18.2 Å². The van der Waals surface area contributed by atoms with E-state index < -0.39 is 10.9 Å².